The molecule has 1 amide bonds. The van der Waals surface area contributed by atoms with Gasteiger partial charge >= 0.3 is 0 Å². The maximum absolute atomic E-state index is 12.1. The van der Waals surface area contributed by atoms with Crippen LogP contribution in [-0.4, -0.2) is 30.3 Å². The van der Waals surface area contributed by atoms with E-state index in [9.17, 15) is 13.2 Å². The monoisotopic (exact) mass is 310 g/mol. The smallest absolute Gasteiger partial charge is 0.221 e. The number of rotatable bonds is 6. The Bertz CT molecular complexity index is 566. The Balaban J connectivity index is 1.82. The molecule has 2 rings (SSSR count). The van der Waals surface area contributed by atoms with Crippen molar-refractivity contribution in [3.05, 3.63) is 30.1 Å². The van der Waals surface area contributed by atoms with Crippen molar-refractivity contribution in [2.75, 3.05) is 5.75 Å². The Morgan fingerprint density at radius 1 is 1.38 bits per heavy atom. The third kappa shape index (κ3) is 4.52. The Labute approximate surface area is 126 Å². The van der Waals surface area contributed by atoms with Crippen LogP contribution < -0.4 is 5.32 Å². The molecule has 21 heavy (non-hydrogen) atoms. The molecule has 1 saturated carbocycles. The van der Waals surface area contributed by atoms with Crippen LogP contribution in [0.3, 0.4) is 0 Å². The summed E-state index contributed by atoms with van der Waals surface area (Å²) in [4.78, 5) is 16.1. The van der Waals surface area contributed by atoms with Gasteiger partial charge in [-0.2, -0.15) is 0 Å². The highest BCUT2D eigenvalue weighted by molar-refractivity contribution is 7.92. The third-order valence-corrected chi connectivity index (χ3v) is 6.19. The van der Waals surface area contributed by atoms with E-state index in [2.05, 4.69) is 10.3 Å². The van der Waals surface area contributed by atoms with Gasteiger partial charge in [0.05, 0.1) is 22.7 Å². The number of carbonyl (C=O) groups is 1. The molecule has 1 atom stereocenters. The lowest BCUT2D eigenvalue weighted by molar-refractivity contribution is -0.121. The number of hydrogen-bond donors (Lipinski definition) is 1. The van der Waals surface area contributed by atoms with Crippen LogP contribution in [0.25, 0.3) is 0 Å². The van der Waals surface area contributed by atoms with Crippen LogP contribution in [0.4, 0.5) is 0 Å². The zero-order valence-electron chi connectivity index (χ0n) is 12.3. The summed E-state index contributed by atoms with van der Waals surface area (Å²) in [5.41, 5.74) is 0.768. The SMILES string of the molecule is C[C@@H](NC(=O)CCS(=O)(=O)C1CCCC1)c1ccccn1. The summed E-state index contributed by atoms with van der Waals surface area (Å²) in [7, 11) is -3.13. The minimum atomic E-state index is -3.13. The number of nitrogens with zero attached hydrogens (tertiary/aromatic N) is 1. The normalized spacial score (nSPS) is 17.6. The Hall–Kier alpha value is -1.43. The summed E-state index contributed by atoms with van der Waals surface area (Å²) >= 11 is 0. The fourth-order valence-electron chi connectivity index (χ4n) is 2.67. The maximum Gasteiger partial charge on any atom is 0.221 e. The quantitative estimate of drug-likeness (QED) is 0.872. The first-order chi connectivity index (χ1) is 9.99. The molecule has 5 nitrogen and oxygen atoms in total. The van der Waals surface area contributed by atoms with E-state index in [1.807, 2.05) is 25.1 Å². The largest absolute Gasteiger partial charge is 0.348 e. The van der Waals surface area contributed by atoms with Crippen molar-refractivity contribution in [1.82, 2.24) is 10.3 Å². The van der Waals surface area contributed by atoms with Gasteiger partial charge in [0.1, 0.15) is 0 Å². The minimum Gasteiger partial charge on any atom is -0.348 e. The van der Waals surface area contributed by atoms with Gasteiger partial charge in [0.2, 0.25) is 5.91 Å². The second-order valence-corrected chi connectivity index (χ2v) is 7.97. The topological polar surface area (TPSA) is 76.1 Å². The van der Waals surface area contributed by atoms with E-state index in [1.54, 1.807) is 6.20 Å². The van der Waals surface area contributed by atoms with Crippen molar-refractivity contribution in [3.63, 3.8) is 0 Å². The van der Waals surface area contributed by atoms with Crippen LogP contribution >= 0.6 is 0 Å². The molecule has 0 unspecified atom stereocenters. The molecule has 1 aliphatic carbocycles. The van der Waals surface area contributed by atoms with Crippen molar-refractivity contribution in [2.24, 2.45) is 0 Å². The lowest BCUT2D eigenvalue weighted by Gasteiger charge is -2.14. The van der Waals surface area contributed by atoms with Crippen molar-refractivity contribution in [2.45, 2.75) is 50.3 Å². The Morgan fingerprint density at radius 3 is 2.71 bits per heavy atom. The highest BCUT2D eigenvalue weighted by Gasteiger charge is 2.29. The molecule has 0 saturated heterocycles. The lowest BCUT2D eigenvalue weighted by atomic mass is 10.2. The number of hydrogen-bond acceptors (Lipinski definition) is 4. The molecule has 0 spiro atoms. The molecular weight excluding hydrogens is 288 g/mol. The van der Waals surface area contributed by atoms with Crippen LogP contribution in [-0.2, 0) is 14.6 Å². The fourth-order valence-corrected chi connectivity index (χ4v) is 4.52. The van der Waals surface area contributed by atoms with Crippen molar-refractivity contribution in [1.29, 1.82) is 0 Å². The van der Waals surface area contributed by atoms with E-state index < -0.39 is 9.84 Å². The number of nitrogens with one attached hydrogen (secondary N) is 1. The van der Waals surface area contributed by atoms with Gasteiger partial charge in [-0.1, -0.05) is 18.9 Å². The molecule has 1 heterocycles. The van der Waals surface area contributed by atoms with Crippen molar-refractivity contribution in [3.8, 4) is 0 Å². The first kappa shape index (κ1) is 15.9. The first-order valence-electron chi connectivity index (χ1n) is 7.41. The number of amides is 1. The van der Waals surface area contributed by atoms with Crippen molar-refractivity contribution >= 4 is 15.7 Å². The van der Waals surface area contributed by atoms with Gasteiger partial charge in [-0.25, -0.2) is 8.42 Å². The molecule has 1 N–H and O–H groups in total. The second-order valence-electron chi connectivity index (χ2n) is 5.57. The molecule has 0 bridgehead atoms. The summed E-state index contributed by atoms with van der Waals surface area (Å²) in [5.74, 6) is -0.298. The van der Waals surface area contributed by atoms with E-state index in [4.69, 9.17) is 0 Å². The van der Waals surface area contributed by atoms with Crippen LogP contribution in [0.1, 0.15) is 50.8 Å². The molecule has 0 radical (unpaired) electrons. The van der Waals surface area contributed by atoms with Crippen LogP contribution in [0, 0.1) is 0 Å². The van der Waals surface area contributed by atoms with E-state index in [-0.39, 0.29) is 29.4 Å². The van der Waals surface area contributed by atoms with Gasteiger partial charge in [-0.3, -0.25) is 9.78 Å². The number of carbonyl (C=O) groups excluding carboxylic acids is 1. The lowest BCUT2D eigenvalue weighted by Crippen LogP contribution is -2.30. The van der Waals surface area contributed by atoms with E-state index in [0.29, 0.717) is 0 Å². The van der Waals surface area contributed by atoms with Crippen LogP contribution in [0.15, 0.2) is 24.4 Å². The van der Waals surface area contributed by atoms with Gasteiger partial charge < -0.3 is 5.32 Å². The van der Waals surface area contributed by atoms with Gasteiger partial charge in [0, 0.05) is 12.6 Å². The third-order valence-electron chi connectivity index (χ3n) is 3.93. The number of aromatic nitrogens is 1. The van der Waals surface area contributed by atoms with E-state index >= 15 is 0 Å². The fraction of sp³-hybridized carbons (Fsp3) is 0.600. The molecule has 1 aliphatic rings. The highest BCUT2D eigenvalue weighted by atomic mass is 32.2. The molecule has 1 aromatic heterocycles. The molecule has 1 aromatic rings. The zero-order valence-corrected chi connectivity index (χ0v) is 13.1. The van der Waals surface area contributed by atoms with E-state index in [0.717, 1.165) is 31.4 Å². The van der Waals surface area contributed by atoms with Crippen molar-refractivity contribution < 1.29 is 13.2 Å². The molecule has 1 fully saturated rings. The molecular formula is C15H22N2O3S. The zero-order chi connectivity index (χ0) is 15.3. The average molecular weight is 310 g/mol. The van der Waals surface area contributed by atoms with Gasteiger partial charge in [-0.05, 0) is 31.9 Å². The summed E-state index contributed by atoms with van der Waals surface area (Å²) in [5, 5.41) is 2.56. The second kappa shape index (κ2) is 7.02. The summed E-state index contributed by atoms with van der Waals surface area (Å²) in [6.07, 6.45) is 5.14. The first-order valence-corrected chi connectivity index (χ1v) is 9.12. The predicted molar refractivity (Wildman–Crippen MR) is 81.5 cm³/mol. The summed E-state index contributed by atoms with van der Waals surface area (Å²) in [6, 6.07) is 5.29. The minimum absolute atomic E-state index is 0.0238. The molecule has 116 valence electrons. The Kier molecular flexibility index (Phi) is 5.33. The average Bonchev–Trinajstić information content (AvgIpc) is 3.01. The summed E-state index contributed by atoms with van der Waals surface area (Å²) < 4.78 is 24.2. The number of sulfone groups is 1. The maximum atomic E-state index is 12.1. The van der Waals surface area contributed by atoms with Gasteiger partial charge in [0.15, 0.2) is 9.84 Å². The predicted octanol–water partition coefficient (Wildman–Crippen LogP) is 2.01. The highest BCUT2D eigenvalue weighted by Crippen LogP contribution is 2.25. The van der Waals surface area contributed by atoms with E-state index in [1.165, 1.54) is 0 Å². The molecule has 6 heteroatoms. The molecule has 0 aliphatic heterocycles. The van der Waals surface area contributed by atoms with Crippen LogP contribution in [0.5, 0.6) is 0 Å². The molecule has 0 aromatic carbocycles. The van der Waals surface area contributed by atoms with Gasteiger partial charge in [0.25, 0.3) is 0 Å². The Morgan fingerprint density at radius 2 is 2.10 bits per heavy atom. The number of pyridine rings is 1. The standard InChI is InChI=1S/C15H22N2O3S/c1-12(14-8-4-5-10-16-14)17-15(18)9-11-21(19,20)13-6-2-3-7-13/h4-5,8,10,12-13H,2-3,6-7,9,11H2,1H3,(H,17,18)/t12-/m1/s1. The van der Waals surface area contributed by atoms with Gasteiger partial charge in [-0.15, -0.1) is 0 Å². The van der Waals surface area contributed by atoms with Crippen LogP contribution in [0.2, 0.25) is 0 Å². The summed E-state index contributed by atoms with van der Waals surface area (Å²) in [6.45, 7) is 1.84.